The average molecular weight is 307 g/mol. The van der Waals surface area contributed by atoms with Crippen molar-refractivity contribution in [1.82, 2.24) is 14.0 Å². The summed E-state index contributed by atoms with van der Waals surface area (Å²) < 4.78 is 48.6. The number of nitrogens with zero attached hydrogens (tertiary/aromatic N) is 2. The highest BCUT2D eigenvalue weighted by Gasteiger charge is 2.17. The summed E-state index contributed by atoms with van der Waals surface area (Å²) in [6.07, 6.45) is 5.28. The van der Waals surface area contributed by atoms with Crippen LogP contribution in [0.1, 0.15) is 5.56 Å². The van der Waals surface area contributed by atoms with Crippen molar-refractivity contribution < 1.29 is 16.8 Å². The summed E-state index contributed by atoms with van der Waals surface area (Å²) in [7, 11) is -6.73. The SMILES string of the molecule is CS(=O)(=O)NCCN(Cc1cccnc1)S(C)(=O)=O. The highest BCUT2D eigenvalue weighted by Crippen LogP contribution is 2.06. The Bertz CT molecular complexity index is 599. The van der Waals surface area contributed by atoms with E-state index in [1.165, 1.54) is 4.31 Å². The second kappa shape index (κ2) is 6.42. The van der Waals surface area contributed by atoms with Gasteiger partial charge in [0.1, 0.15) is 0 Å². The topological polar surface area (TPSA) is 96.4 Å². The van der Waals surface area contributed by atoms with E-state index in [1.807, 2.05) is 0 Å². The lowest BCUT2D eigenvalue weighted by Crippen LogP contribution is -2.37. The van der Waals surface area contributed by atoms with E-state index in [0.29, 0.717) is 0 Å². The molecule has 1 aromatic rings. The van der Waals surface area contributed by atoms with E-state index in [2.05, 4.69) is 9.71 Å². The normalized spacial score (nSPS) is 12.8. The minimum absolute atomic E-state index is 0.0339. The first kappa shape index (κ1) is 16.0. The van der Waals surface area contributed by atoms with Crippen molar-refractivity contribution in [2.75, 3.05) is 25.6 Å². The smallest absolute Gasteiger partial charge is 0.211 e. The van der Waals surface area contributed by atoms with E-state index >= 15 is 0 Å². The third kappa shape index (κ3) is 6.62. The molecule has 1 rings (SSSR count). The van der Waals surface area contributed by atoms with Gasteiger partial charge in [0.05, 0.1) is 12.5 Å². The fraction of sp³-hybridized carbons (Fsp3) is 0.500. The van der Waals surface area contributed by atoms with Crippen molar-refractivity contribution >= 4 is 20.0 Å². The molecule has 0 amide bonds. The molecule has 0 radical (unpaired) electrons. The summed E-state index contributed by atoms with van der Waals surface area (Å²) in [5, 5.41) is 0. The predicted octanol–water partition coefficient (Wildman–Crippen LogP) is -0.608. The predicted molar refractivity (Wildman–Crippen MR) is 72.3 cm³/mol. The maximum absolute atomic E-state index is 11.6. The molecule has 1 heterocycles. The molecule has 0 bridgehead atoms. The molecule has 0 aliphatic rings. The molecule has 0 saturated carbocycles. The Balaban J connectivity index is 2.69. The van der Waals surface area contributed by atoms with E-state index in [4.69, 9.17) is 0 Å². The van der Waals surface area contributed by atoms with Crippen LogP contribution in [0.5, 0.6) is 0 Å². The largest absolute Gasteiger partial charge is 0.264 e. The first-order valence-corrected chi connectivity index (χ1v) is 9.21. The Morgan fingerprint density at radius 1 is 1.26 bits per heavy atom. The molecule has 0 aromatic carbocycles. The van der Waals surface area contributed by atoms with Gasteiger partial charge < -0.3 is 0 Å². The van der Waals surface area contributed by atoms with Crippen LogP contribution in [0.4, 0.5) is 0 Å². The molecule has 0 unspecified atom stereocenters. The maximum Gasteiger partial charge on any atom is 0.211 e. The molecule has 9 heteroatoms. The molecule has 0 atom stereocenters. The summed E-state index contributed by atoms with van der Waals surface area (Å²) in [5.41, 5.74) is 0.743. The van der Waals surface area contributed by atoms with Crippen LogP contribution in [-0.4, -0.2) is 51.7 Å². The summed E-state index contributed by atoms with van der Waals surface area (Å²) in [4.78, 5) is 3.91. The first-order valence-electron chi connectivity index (χ1n) is 5.47. The number of hydrogen-bond acceptors (Lipinski definition) is 5. The van der Waals surface area contributed by atoms with Crippen molar-refractivity contribution in [3.05, 3.63) is 30.1 Å². The van der Waals surface area contributed by atoms with Gasteiger partial charge in [-0.2, -0.15) is 4.31 Å². The highest BCUT2D eigenvalue weighted by atomic mass is 32.2. The Kier molecular flexibility index (Phi) is 5.41. The molecule has 0 spiro atoms. The Hall–Kier alpha value is -1.03. The van der Waals surface area contributed by atoms with Gasteiger partial charge >= 0.3 is 0 Å². The molecule has 1 N–H and O–H groups in total. The van der Waals surface area contributed by atoms with Gasteiger partial charge in [-0.3, -0.25) is 4.98 Å². The number of hydrogen-bond donors (Lipinski definition) is 1. The lowest BCUT2D eigenvalue weighted by Gasteiger charge is -2.19. The van der Waals surface area contributed by atoms with E-state index in [9.17, 15) is 16.8 Å². The van der Waals surface area contributed by atoms with E-state index in [-0.39, 0.29) is 19.6 Å². The molecule has 7 nitrogen and oxygen atoms in total. The van der Waals surface area contributed by atoms with Crippen molar-refractivity contribution in [1.29, 1.82) is 0 Å². The maximum atomic E-state index is 11.6. The minimum atomic E-state index is -3.41. The van der Waals surface area contributed by atoms with Gasteiger partial charge in [-0.1, -0.05) is 6.07 Å². The Morgan fingerprint density at radius 2 is 1.95 bits per heavy atom. The number of pyridine rings is 1. The summed E-state index contributed by atoms with van der Waals surface area (Å²) in [6.45, 7) is 0.269. The van der Waals surface area contributed by atoms with Crippen molar-refractivity contribution in [3.8, 4) is 0 Å². The number of nitrogens with one attached hydrogen (secondary N) is 1. The van der Waals surface area contributed by atoms with Crippen molar-refractivity contribution in [2.24, 2.45) is 0 Å². The third-order valence-electron chi connectivity index (χ3n) is 2.28. The zero-order valence-corrected chi connectivity index (χ0v) is 12.4. The van der Waals surface area contributed by atoms with Crippen molar-refractivity contribution in [2.45, 2.75) is 6.54 Å². The monoisotopic (exact) mass is 307 g/mol. The standard InChI is InChI=1S/C10H17N3O4S2/c1-18(14,15)12-6-7-13(19(2,16)17)9-10-4-3-5-11-8-10/h3-5,8,12H,6-7,9H2,1-2H3. The number of rotatable bonds is 7. The second-order valence-corrected chi connectivity index (χ2v) is 7.94. The van der Waals surface area contributed by atoms with Crippen LogP contribution in [0.25, 0.3) is 0 Å². The zero-order valence-electron chi connectivity index (χ0n) is 10.8. The fourth-order valence-corrected chi connectivity index (χ4v) is 2.68. The molecular weight excluding hydrogens is 290 g/mol. The molecule has 0 aliphatic carbocycles. The van der Waals surface area contributed by atoms with Gasteiger partial charge in [-0.25, -0.2) is 21.6 Å². The molecule has 0 aliphatic heterocycles. The van der Waals surface area contributed by atoms with E-state index < -0.39 is 20.0 Å². The van der Waals surface area contributed by atoms with Gasteiger partial charge in [-0.05, 0) is 11.6 Å². The lowest BCUT2D eigenvalue weighted by atomic mass is 10.3. The van der Waals surface area contributed by atoms with Crippen LogP contribution in [-0.2, 0) is 26.6 Å². The summed E-state index contributed by atoms with van der Waals surface area (Å²) in [5.74, 6) is 0. The van der Waals surface area contributed by atoms with Gasteiger partial charge in [0, 0.05) is 32.0 Å². The molecule has 108 valence electrons. The third-order valence-corrected chi connectivity index (χ3v) is 4.25. The van der Waals surface area contributed by atoms with E-state index in [1.54, 1.807) is 24.5 Å². The molecule has 19 heavy (non-hydrogen) atoms. The molecule has 0 saturated heterocycles. The average Bonchev–Trinajstić information content (AvgIpc) is 2.26. The molecule has 0 fully saturated rings. The lowest BCUT2D eigenvalue weighted by molar-refractivity contribution is 0.412. The van der Waals surface area contributed by atoms with Crippen LogP contribution in [0.15, 0.2) is 24.5 Å². The van der Waals surface area contributed by atoms with Crippen molar-refractivity contribution in [3.63, 3.8) is 0 Å². The van der Waals surface area contributed by atoms with Crippen LogP contribution >= 0.6 is 0 Å². The molecular formula is C10H17N3O4S2. The second-order valence-electron chi connectivity index (χ2n) is 4.12. The van der Waals surface area contributed by atoms with Crippen LogP contribution < -0.4 is 4.72 Å². The van der Waals surface area contributed by atoms with Crippen LogP contribution in [0.3, 0.4) is 0 Å². The van der Waals surface area contributed by atoms with Gasteiger partial charge in [-0.15, -0.1) is 0 Å². The van der Waals surface area contributed by atoms with Crippen LogP contribution in [0.2, 0.25) is 0 Å². The van der Waals surface area contributed by atoms with Gasteiger partial charge in [0.2, 0.25) is 20.0 Å². The highest BCUT2D eigenvalue weighted by molar-refractivity contribution is 7.88. The minimum Gasteiger partial charge on any atom is -0.264 e. The fourth-order valence-electron chi connectivity index (χ4n) is 1.41. The summed E-state index contributed by atoms with van der Waals surface area (Å²) >= 11 is 0. The molecule has 1 aromatic heterocycles. The summed E-state index contributed by atoms with van der Waals surface area (Å²) in [6, 6.07) is 3.47. The van der Waals surface area contributed by atoms with E-state index in [0.717, 1.165) is 18.1 Å². The Labute approximate surface area is 113 Å². The Morgan fingerprint density at radius 3 is 2.42 bits per heavy atom. The zero-order chi connectivity index (χ0) is 14.5. The van der Waals surface area contributed by atoms with Crippen LogP contribution in [0, 0.1) is 0 Å². The number of sulfonamides is 2. The van der Waals surface area contributed by atoms with Gasteiger partial charge in [0.25, 0.3) is 0 Å². The number of aromatic nitrogens is 1. The first-order chi connectivity index (χ1) is 8.68. The quantitative estimate of drug-likeness (QED) is 0.725. The van der Waals surface area contributed by atoms with Gasteiger partial charge in [0.15, 0.2) is 0 Å².